The van der Waals surface area contributed by atoms with Crippen molar-refractivity contribution in [2.24, 2.45) is 5.92 Å². The molecule has 17 heavy (non-hydrogen) atoms. The number of pyridine rings is 1. The second-order valence-corrected chi connectivity index (χ2v) is 5.63. The molecule has 96 valence electrons. The van der Waals surface area contributed by atoms with Crippen LogP contribution in [-0.4, -0.2) is 17.6 Å². The molecule has 0 aliphatic carbocycles. The quantitative estimate of drug-likeness (QED) is 0.828. The van der Waals surface area contributed by atoms with E-state index in [0.717, 1.165) is 23.4 Å². The van der Waals surface area contributed by atoms with E-state index < -0.39 is 0 Å². The maximum Gasteiger partial charge on any atom is 0.0410 e. The van der Waals surface area contributed by atoms with Crippen LogP contribution in [0.15, 0.2) is 22.9 Å². The molecular formula is C14H23BrN2. The van der Waals surface area contributed by atoms with Gasteiger partial charge in [-0.1, -0.05) is 27.2 Å². The molecule has 2 atom stereocenters. The molecule has 0 fully saturated rings. The van der Waals surface area contributed by atoms with E-state index in [1.165, 1.54) is 18.4 Å². The van der Waals surface area contributed by atoms with E-state index in [4.69, 9.17) is 0 Å². The van der Waals surface area contributed by atoms with Gasteiger partial charge in [0.05, 0.1) is 0 Å². The Morgan fingerprint density at radius 2 is 2.12 bits per heavy atom. The first-order valence-electron chi connectivity index (χ1n) is 6.48. The van der Waals surface area contributed by atoms with Crippen molar-refractivity contribution < 1.29 is 0 Å². The number of nitrogens with zero attached hydrogens (tertiary/aromatic N) is 1. The molecule has 0 bridgehead atoms. The predicted octanol–water partition coefficient (Wildman–Crippen LogP) is 3.80. The maximum atomic E-state index is 4.22. The van der Waals surface area contributed by atoms with Crippen LogP contribution in [0.2, 0.25) is 0 Å². The van der Waals surface area contributed by atoms with Gasteiger partial charge < -0.3 is 5.32 Å². The number of nitrogens with one attached hydrogen (secondary N) is 1. The minimum atomic E-state index is 0.561. The lowest BCUT2D eigenvalue weighted by Gasteiger charge is -2.21. The molecule has 0 saturated carbocycles. The van der Waals surface area contributed by atoms with E-state index in [1.807, 2.05) is 12.4 Å². The van der Waals surface area contributed by atoms with Gasteiger partial charge in [-0.25, -0.2) is 0 Å². The van der Waals surface area contributed by atoms with Gasteiger partial charge >= 0.3 is 0 Å². The molecule has 1 heterocycles. The van der Waals surface area contributed by atoms with Crippen LogP contribution in [0.25, 0.3) is 0 Å². The standard InChI is InChI=1S/C14H23BrN2/c1-4-11(3)6-14(17-5-2)8-12-7-13(15)10-16-9-12/h7,9-11,14,17H,4-6,8H2,1-3H3. The molecule has 0 aliphatic rings. The summed E-state index contributed by atoms with van der Waals surface area (Å²) in [7, 11) is 0. The van der Waals surface area contributed by atoms with Gasteiger partial charge in [0.2, 0.25) is 0 Å². The number of hydrogen-bond acceptors (Lipinski definition) is 2. The highest BCUT2D eigenvalue weighted by Gasteiger charge is 2.12. The van der Waals surface area contributed by atoms with Crippen molar-refractivity contribution >= 4 is 15.9 Å². The number of aromatic nitrogens is 1. The molecule has 2 nitrogen and oxygen atoms in total. The van der Waals surface area contributed by atoms with Crippen molar-refractivity contribution in [2.75, 3.05) is 6.54 Å². The Balaban J connectivity index is 2.59. The van der Waals surface area contributed by atoms with Crippen molar-refractivity contribution in [1.82, 2.24) is 10.3 Å². The average Bonchev–Trinajstić information content (AvgIpc) is 2.29. The fourth-order valence-electron chi connectivity index (χ4n) is 2.03. The normalized spacial score (nSPS) is 14.6. The van der Waals surface area contributed by atoms with E-state index in [1.54, 1.807) is 0 Å². The second kappa shape index (κ2) is 7.83. The highest BCUT2D eigenvalue weighted by molar-refractivity contribution is 9.10. The van der Waals surface area contributed by atoms with E-state index >= 15 is 0 Å². The Morgan fingerprint density at radius 1 is 1.35 bits per heavy atom. The molecule has 1 aromatic rings. The smallest absolute Gasteiger partial charge is 0.0410 e. The van der Waals surface area contributed by atoms with Crippen molar-refractivity contribution in [3.63, 3.8) is 0 Å². The van der Waals surface area contributed by atoms with Gasteiger partial charge in [0.15, 0.2) is 0 Å². The molecule has 1 rings (SSSR count). The van der Waals surface area contributed by atoms with Gasteiger partial charge in [-0.15, -0.1) is 0 Å². The SMILES string of the molecule is CCNC(Cc1cncc(Br)c1)CC(C)CC. The van der Waals surface area contributed by atoms with Gasteiger partial charge in [0.25, 0.3) is 0 Å². The van der Waals surface area contributed by atoms with Gasteiger partial charge in [-0.05, 0) is 52.9 Å². The molecule has 0 amide bonds. The lowest BCUT2D eigenvalue weighted by molar-refractivity contribution is 0.397. The molecule has 0 saturated heterocycles. The summed E-state index contributed by atoms with van der Waals surface area (Å²) in [6, 6.07) is 2.72. The molecular weight excluding hydrogens is 276 g/mol. The van der Waals surface area contributed by atoms with Crippen LogP contribution in [0.5, 0.6) is 0 Å². The first kappa shape index (κ1) is 14.7. The van der Waals surface area contributed by atoms with Gasteiger partial charge in [0.1, 0.15) is 0 Å². The van der Waals surface area contributed by atoms with Crippen molar-refractivity contribution in [3.05, 3.63) is 28.5 Å². The molecule has 0 spiro atoms. The summed E-state index contributed by atoms with van der Waals surface area (Å²) >= 11 is 3.47. The summed E-state index contributed by atoms with van der Waals surface area (Å²) in [5.74, 6) is 0.777. The Bertz CT molecular complexity index is 328. The topological polar surface area (TPSA) is 24.9 Å². The lowest BCUT2D eigenvalue weighted by atomic mass is 9.95. The van der Waals surface area contributed by atoms with Gasteiger partial charge in [-0.2, -0.15) is 0 Å². The summed E-state index contributed by atoms with van der Waals surface area (Å²) in [5.41, 5.74) is 1.30. The molecule has 2 unspecified atom stereocenters. The van der Waals surface area contributed by atoms with Crippen LogP contribution in [0.1, 0.15) is 39.2 Å². The van der Waals surface area contributed by atoms with Crippen LogP contribution in [-0.2, 0) is 6.42 Å². The third-order valence-electron chi connectivity index (χ3n) is 3.12. The second-order valence-electron chi connectivity index (χ2n) is 4.72. The Labute approximate surface area is 113 Å². The number of hydrogen-bond donors (Lipinski definition) is 1. The first-order chi connectivity index (χ1) is 8.15. The van der Waals surface area contributed by atoms with Gasteiger partial charge in [0, 0.05) is 22.9 Å². The van der Waals surface area contributed by atoms with Crippen LogP contribution >= 0.6 is 15.9 Å². The summed E-state index contributed by atoms with van der Waals surface area (Å²) in [6.45, 7) is 7.78. The minimum absolute atomic E-state index is 0.561. The van der Waals surface area contributed by atoms with E-state index in [-0.39, 0.29) is 0 Å². The first-order valence-corrected chi connectivity index (χ1v) is 7.27. The largest absolute Gasteiger partial charge is 0.314 e. The molecule has 1 aromatic heterocycles. The predicted molar refractivity (Wildman–Crippen MR) is 77.2 cm³/mol. The van der Waals surface area contributed by atoms with E-state index in [0.29, 0.717) is 6.04 Å². The monoisotopic (exact) mass is 298 g/mol. The van der Waals surface area contributed by atoms with Crippen LogP contribution in [0.4, 0.5) is 0 Å². The number of halogens is 1. The summed E-state index contributed by atoms with van der Waals surface area (Å²) in [5, 5.41) is 3.57. The Kier molecular flexibility index (Phi) is 6.75. The molecule has 0 aliphatic heterocycles. The third kappa shape index (κ3) is 5.64. The molecule has 0 aromatic carbocycles. The Hall–Kier alpha value is -0.410. The molecule has 3 heteroatoms. The Morgan fingerprint density at radius 3 is 2.71 bits per heavy atom. The highest BCUT2D eigenvalue weighted by atomic mass is 79.9. The highest BCUT2D eigenvalue weighted by Crippen LogP contribution is 2.16. The zero-order chi connectivity index (χ0) is 12.7. The zero-order valence-electron chi connectivity index (χ0n) is 11.0. The van der Waals surface area contributed by atoms with Crippen molar-refractivity contribution in [3.8, 4) is 0 Å². The van der Waals surface area contributed by atoms with Crippen LogP contribution in [0, 0.1) is 5.92 Å². The number of rotatable bonds is 7. The van der Waals surface area contributed by atoms with Crippen molar-refractivity contribution in [1.29, 1.82) is 0 Å². The van der Waals surface area contributed by atoms with Gasteiger partial charge in [-0.3, -0.25) is 4.98 Å². The van der Waals surface area contributed by atoms with Crippen molar-refractivity contribution in [2.45, 2.75) is 46.1 Å². The molecule has 0 radical (unpaired) electrons. The van der Waals surface area contributed by atoms with E-state index in [2.05, 4.69) is 53.1 Å². The fourth-order valence-corrected chi connectivity index (χ4v) is 2.44. The minimum Gasteiger partial charge on any atom is -0.314 e. The summed E-state index contributed by atoms with van der Waals surface area (Å²) < 4.78 is 1.06. The summed E-state index contributed by atoms with van der Waals surface area (Å²) in [6.07, 6.45) is 7.34. The van der Waals surface area contributed by atoms with E-state index in [9.17, 15) is 0 Å². The lowest BCUT2D eigenvalue weighted by Crippen LogP contribution is -2.32. The van der Waals surface area contributed by atoms with Crippen LogP contribution < -0.4 is 5.32 Å². The fraction of sp³-hybridized carbons (Fsp3) is 0.643. The average molecular weight is 299 g/mol. The molecule has 1 N–H and O–H groups in total. The summed E-state index contributed by atoms with van der Waals surface area (Å²) in [4.78, 5) is 4.22. The number of likely N-dealkylation sites (N-methyl/N-ethyl adjacent to an activating group) is 1. The van der Waals surface area contributed by atoms with Crippen LogP contribution in [0.3, 0.4) is 0 Å². The maximum absolute atomic E-state index is 4.22. The third-order valence-corrected chi connectivity index (χ3v) is 3.55. The zero-order valence-corrected chi connectivity index (χ0v) is 12.6.